The number of nitrogens with zero attached hydrogens (tertiary/aromatic N) is 2. The van der Waals surface area contributed by atoms with Crippen LogP contribution in [0.15, 0.2) is 59.1 Å². The fourth-order valence-corrected chi connectivity index (χ4v) is 6.87. The number of phenolic OH excluding ortho intramolecular Hbond substituents is 1. The number of likely N-dealkylation sites (N-methyl/N-ethyl adjacent to an activating group) is 2. The molecule has 12 heteroatoms. The van der Waals surface area contributed by atoms with E-state index in [1.807, 2.05) is 24.3 Å². The first-order valence-electron chi connectivity index (χ1n) is 14.2. The lowest BCUT2D eigenvalue weighted by molar-refractivity contribution is -0.148. The number of hydrogen-bond donors (Lipinski definition) is 6. The van der Waals surface area contributed by atoms with Crippen molar-refractivity contribution >= 4 is 23.4 Å². The van der Waals surface area contributed by atoms with Crippen molar-refractivity contribution in [2.45, 2.75) is 31.0 Å². The van der Waals surface area contributed by atoms with Gasteiger partial charge in [0.25, 0.3) is 5.91 Å². The molecule has 0 radical (unpaired) electrons. The van der Waals surface area contributed by atoms with Crippen molar-refractivity contribution in [1.82, 2.24) is 15.1 Å². The molecule has 2 aromatic carbocycles. The highest BCUT2D eigenvalue weighted by molar-refractivity contribution is 6.24. The van der Waals surface area contributed by atoms with Gasteiger partial charge in [-0.05, 0) is 75.3 Å². The number of benzene rings is 2. The quantitative estimate of drug-likeness (QED) is 0.248. The van der Waals surface area contributed by atoms with Crippen LogP contribution >= 0.6 is 0 Å². The zero-order valence-corrected chi connectivity index (χ0v) is 24.9. The summed E-state index contributed by atoms with van der Waals surface area (Å²) in [7, 11) is 6.78. The zero-order valence-electron chi connectivity index (χ0n) is 24.9. The second kappa shape index (κ2) is 11.2. The molecule has 5 rings (SSSR count). The Hall–Kier alpha value is -4.52. The van der Waals surface area contributed by atoms with Crippen LogP contribution in [-0.2, 0) is 27.3 Å². The molecule has 3 aliphatic rings. The van der Waals surface area contributed by atoms with Crippen molar-refractivity contribution in [2.75, 3.05) is 34.7 Å². The number of nitrogens with one attached hydrogen (secondary N) is 1. The van der Waals surface area contributed by atoms with Gasteiger partial charge < -0.3 is 36.4 Å². The lowest BCUT2D eigenvalue weighted by atomic mass is 9.58. The van der Waals surface area contributed by atoms with Gasteiger partial charge in [-0.1, -0.05) is 30.3 Å². The topological polar surface area (TPSA) is 194 Å². The van der Waals surface area contributed by atoms with Crippen molar-refractivity contribution in [1.29, 1.82) is 0 Å². The van der Waals surface area contributed by atoms with Crippen molar-refractivity contribution in [3.63, 3.8) is 0 Å². The number of primary amides is 1. The maximum Gasteiger partial charge on any atom is 0.255 e. The van der Waals surface area contributed by atoms with Crippen molar-refractivity contribution < 1.29 is 39.6 Å². The maximum atomic E-state index is 14.0. The summed E-state index contributed by atoms with van der Waals surface area (Å²) in [6.45, 7) is 0.603. The summed E-state index contributed by atoms with van der Waals surface area (Å²) in [4.78, 5) is 54.9. The molecule has 232 valence electrons. The van der Waals surface area contributed by atoms with Gasteiger partial charge in [0.1, 0.15) is 22.8 Å². The maximum absolute atomic E-state index is 14.0. The van der Waals surface area contributed by atoms with E-state index >= 15 is 0 Å². The number of allylic oxidation sites excluding steroid dienone is 1. The number of carbonyl (C=O) groups excluding carboxylic acids is 4. The number of Topliss-reactive ketones (excluding diaryl/α,β-unsaturated/α-hetero) is 2. The van der Waals surface area contributed by atoms with Crippen LogP contribution in [0.3, 0.4) is 0 Å². The largest absolute Gasteiger partial charge is 0.510 e. The molecule has 2 aromatic rings. The predicted molar refractivity (Wildman–Crippen MR) is 160 cm³/mol. The minimum atomic E-state index is -2.68. The molecule has 0 unspecified atom stereocenters. The molecular weight excluding hydrogens is 568 g/mol. The molecule has 12 nitrogen and oxygen atoms in total. The summed E-state index contributed by atoms with van der Waals surface area (Å²) in [6.07, 6.45) is 0.188. The van der Waals surface area contributed by atoms with E-state index in [9.17, 15) is 39.6 Å². The molecular formula is C32H36N4O8. The Kier molecular flexibility index (Phi) is 7.87. The molecule has 44 heavy (non-hydrogen) atoms. The number of amides is 2. The summed E-state index contributed by atoms with van der Waals surface area (Å²) < 4.78 is 0. The number of phenols is 1. The molecule has 2 amide bonds. The molecule has 0 fully saturated rings. The van der Waals surface area contributed by atoms with Crippen LogP contribution in [-0.4, -0.2) is 100.0 Å². The lowest BCUT2D eigenvalue weighted by Gasteiger charge is -2.50. The molecule has 7 N–H and O–H groups in total. The monoisotopic (exact) mass is 604 g/mol. The third kappa shape index (κ3) is 4.84. The first kappa shape index (κ1) is 30.9. The van der Waals surface area contributed by atoms with E-state index in [4.69, 9.17) is 5.73 Å². The lowest BCUT2D eigenvalue weighted by Crippen LogP contribution is -2.63. The van der Waals surface area contributed by atoms with Crippen LogP contribution in [0.25, 0.3) is 11.1 Å². The molecule has 0 saturated carbocycles. The summed E-state index contributed by atoms with van der Waals surface area (Å²) in [5.41, 5.74) is 4.43. The van der Waals surface area contributed by atoms with Crippen LogP contribution in [0.4, 0.5) is 0 Å². The first-order chi connectivity index (χ1) is 20.7. The summed E-state index contributed by atoms with van der Waals surface area (Å²) in [5.74, 6) is -7.00. The SMILES string of the molecule is CN(C)CC(=O)NCc1ccc(-c2ccc(O)c3c2C[C@H]2C[C@H]4[C@H](N(C)C)C(O)=C(C(N)=O)C(=O)[C@@]4(O)C(O)=C2C3=O)cc1. The van der Waals surface area contributed by atoms with E-state index in [2.05, 4.69) is 5.32 Å². The number of hydrogen-bond acceptors (Lipinski definition) is 10. The van der Waals surface area contributed by atoms with Gasteiger partial charge in [-0.15, -0.1) is 0 Å². The normalized spacial score (nSPS) is 24.8. The second-order valence-corrected chi connectivity index (χ2v) is 12.2. The summed E-state index contributed by atoms with van der Waals surface area (Å²) in [5, 5.41) is 47.8. The Labute approximate surface area is 254 Å². The molecule has 0 heterocycles. The predicted octanol–water partition coefficient (Wildman–Crippen LogP) is 0.965. The fraction of sp³-hybridized carbons (Fsp3) is 0.375. The standard InChI is InChI=1S/C32H36N4O8/c1-35(2)14-22(38)34-13-15-5-7-16(8-6-15)18-9-10-21(37)24-19(18)11-17-12-20-26(36(3)4)28(40)25(31(33)43)30(42)32(20,44)29(41)23(17)27(24)39/h5-10,17,20,26,37,40-41,44H,11-14H2,1-4H3,(H2,33,43)(H,34,38)/t17-,20-,26-,32-/m0/s1. The minimum Gasteiger partial charge on any atom is -0.510 e. The highest BCUT2D eigenvalue weighted by atomic mass is 16.3. The fourth-order valence-electron chi connectivity index (χ4n) is 6.87. The Balaban J connectivity index is 1.55. The van der Waals surface area contributed by atoms with Crippen molar-refractivity contribution in [3.8, 4) is 16.9 Å². The molecule has 3 aliphatic carbocycles. The number of rotatable bonds is 7. The van der Waals surface area contributed by atoms with E-state index in [0.717, 1.165) is 11.1 Å². The molecule has 0 aromatic heterocycles. The van der Waals surface area contributed by atoms with E-state index < -0.39 is 58.0 Å². The van der Waals surface area contributed by atoms with Crippen LogP contribution in [0.2, 0.25) is 0 Å². The number of aliphatic hydroxyl groups is 3. The number of ketones is 2. The van der Waals surface area contributed by atoms with Gasteiger partial charge in [0.2, 0.25) is 11.7 Å². The van der Waals surface area contributed by atoms with Crippen molar-refractivity contribution in [2.24, 2.45) is 17.6 Å². The van der Waals surface area contributed by atoms with Gasteiger partial charge in [0.15, 0.2) is 11.4 Å². The highest BCUT2D eigenvalue weighted by Gasteiger charge is 2.63. The third-order valence-corrected chi connectivity index (χ3v) is 8.82. The number of fused-ring (bicyclic) bond motifs is 3. The number of nitrogens with two attached hydrogens (primary N) is 1. The number of aromatic hydroxyl groups is 1. The second-order valence-electron chi connectivity index (χ2n) is 12.2. The molecule has 0 aliphatic heterocycles. The summed E-state index contributed by atoms with van der Waals surface area (Å²) >= 11 is 0. The van der Waals surface area contributed by atoms with Crippen LogP contribution < -0.4 is 11.1 Å². The van der Waals surface area contributed by atoms with Gasteiger partial charge in [-0.2, -0.15) is 0 Å². The minimum absolute atomic E-state index is 0.00639. The molecule has 0 saturated heterocycles. The van der Waals surface area contributed by atoms with E-state index in [1.54, 1.807) is 39.2 Å². The van der Waals surface area contributed by atoms with Crippen molar-refractivity contribution in [3.05, 3.63) is 75.8 Å². The van der Waals surface area contributed by atoms with Gasteiger partial charge in [0, 0.05) is 18.0 Å². The number of aliphatic hydroxyl groups excluding tert-OH is 2. The Bertz CT molecular complexity index is 1640. The number of carbonyl (C=O) groups is 4. The Morgan fingerprint density at radius 1 is 1.02 bits per heavy atom. The average Bonchev–Trinajstić information content (AvgIpc) is 2.93. The van der Waals surface area contributed by atoms with E-state index in [1.165, 1.54) is 11.0 Å². The van der Waals surface area contributed by atoms with E-state index in [0.29, 0.717) is 17.7 Å². The Morgan fingerprint density at radius 2 is 1.68 bits per heavy atom. The Morgan fingerprint density at radius 3 is 2.27 bits per heavy atom. The highest BCUT2D eigenvalue weighted by Crippen LogP contribution is 2.53. The molecule has 0 spiro atoms. The van der Waals surface area contributed by atoms with E-state index in [-0.39, 0.29) is 42.2 Å². The van der Waals surface area contributed by atoms with Gasteiger partial charge in [-0.25, -0.2) is 0 Å². The van der Waals surface area contributed by atoms with Crippen LogP contribution in [0, 0.1) is 11.8 Å². The van der Waals surface area contributed by atoms with Gasteiger partial charge in [-0.3, -0.25) is 24.1 Å². The summed E-state index contributed by atoms with van der Waals surface area (Å²) in [6, 6.07) is 9.42. The van der Waals surface area contributed by atoms with Crippen LogP contribution in [0.5, 0.6) is 5.75 Å². The third-order valence-electron chi connectivity index (χ3n) is 8.82. The molecule has 4 atom stereocenters. The van der Waals surface area contributed by atoms with Gasteiger partial charge in [0.05, 0.1) is 18.2 Å². The first-order valence-corrected chi connectivity index (χ1v) is 14.2. The average molecular weight is 605 g/mol. The molecule has 0 bridgehead atoms. The smallest absolute Gasteiger partial charge is 0.255 e. The van der Waals surface area contributed by atoms with Crippen LogP contribution in [0.1, 0.15) is 27.9 Å². The van der Waals surface area contributed by atoms with Gasteiger partial charge >= 0.3 is 0 Å². The zero-order chi connectivity index (χ0) is 32.2.